The molecule has 2 aliphatic rings. The summed E-state index contributed by atoms with van der Waals surface area (Å²) in [5, 5.41) is 3.12. The summed E-state index contributed by atoms with van der Waals surface area (Å²) in [6.07, 6.45) is 5.49. The van der Waals surface area contributed by atoms with Gasteiger partial charge in [0.25, 0.3) is 11.8 Å². The van der Waals surface area contributed by atoms with Crippen molar-refractivity contribution >= 4 is 11.8 Å². The molecular weight excluding hydrogens is 302 g/mol. The van der Waals surface area contributed by atoms with Crippen molar-refractivity contribution in [2.75, 3.05) is 13.1 Å². The van der Waals surface area contributed by atoms with Gasteiger partial charge in [0.05, 0.1) is 0 Å². The zero-order valence-corrected chi connectivity index (χ0v) is 14.6. The monoisotopic (exact) mass is 329 g/mol. The molecule has 2 amide bonds. The number of nitrogens with one attached hydrogen (secondary N) is 1. The fourth-order valence-electron chi connectivity index (χ4n) is 3.79. The van der Waals surface area contributed by atoms with E-state index < -0.39 is 0 Å². The molecule has 1 aromatic rings. The van der Waals surface area contributed by atoms with Crippen molar-refractivity contribution in [3.05, 3.63) is 29.6 Å². The van der Waals surface area contributed by atoms with Crippen molar-refractivity contribution in [2.45, 2.75) is 52.0 Å². The van der Waals surface area contributed by atoms with Crippen molar-refractivity contribution < 1.29 is 9.59 Å². The fraction of sp³-hybridized carbons (Fsp3) is 0.632. The van der Waals surface area contributed by atoms with Crippen LogP contribution in [0.3, 0.4) is 0 Å². The van der Waals surface area contributed by atoms with Crippen LogP contribution in [0.1, 0.15) is 66.9 Å². The van der Waals surface area contributed by atoms with Crippen LogP contribution in [0.5, 0.6) is 0 Å². The van der Waals surface area contributed by atoms with E-state index in [9.17, 15) is 9.59 Å². The molecule has 1 aliphatic heterocycles. The highest BCUT2D eigenvalue weighted by atomic mass is 16.2. The zero-order valence-electron chi connectivity index (χ0n) is 14.6. The minimum atomic E-state index is -0.169. The summed E-state index contributed by atoms with van der Waals surface area (Å²) in [7, 11) is 0. The van der Waals surface area contributed by atoms with E-state index in [0.29, 0.717) is 23.2 Å². The normalized spacial score (nSPS) is 27.1. The second kappa shape index (κ2) is 7.32. The quantitative estimate of drug-likeness (QED) is 0.927. The van der Waals surface area contributed by atoms with Crippen molar-refractivity contribution in [3.8, 4) is 0 Å². The first-order valence-corrected chi connectivity index (χ1v) is 9.13. The molecule has 2 fully saturated rings. The van der Waals surface area contributed by atoms with Gasteiger partial charge in [-0.05, 0) is 43.2 Å². The molecule has 2 heterocycles. The van der Waals surface area contributed by atoms with Gasteiger partial charge in [0.2, 0.25) is 0 Å². The molecule has 3 atom stereocenters. The standard InChI is InChI=1S/C19H27N3O2/c1-13-7-5-8-15(14(13)2)21-18(23)16-9-6-10-17(20-16)19(24)22-11-3-4-12-22/h6,9-10,13-15H,3-5,7-8,11-12H2,1-2H3,(H,21,23)/t13-,14-,15-/m1/s1. The number of likely N-dealkylation sites (tertiary alicyclic amines) is 1. The van der Waals surface area contributed by atoms with E-state index in [1.165, 1.54) is 6.42 Å². The molecule has 0 spiro atoms. The Morgan fingerprint density at radius 2 is 1.79 bits per heavy atom. The second-order valence-corrected chi connectivity index (χ2v) is 7.25. The number of hydrogen-bond donors (Lipinski definition) is 1. The lowest BCUT2D eigenvalue weighted by Gasteiger charge is -2.34. The molecule has 1 aromatic heterocycles. The molecule has 1 N–H and O–H groups in total. The zero-order chi connectivity index (χ0) is 17.1. The first-order valence-electron chi connectivity index (χ1n) is 9.13. The Bertz CT molecular complexity index is 610. The number of rotatable bonds is 3. The lowest BCUT2D eigenvalue weighted by molar-refractivity contribution is 0.0786. The van der Waals surface area contributed by atoms with Crippen molar-refractivity contribution in [1.29, 1.82) is 0 Å². The largest absolute Gasteiger partial charge is 0.348 e. The van der Waals surface area contributed by atoms with E-state index in [0.717, 1.165) is 38.8 Å². The highest BCUT2D eigenvalue weighted by Crippen LogP contribution is 2.29. The van der Waals surface area contributed by atoms with Crippen molar-refractivity contribution in [1.82, 2.24) is 15.2 Å². The summed E-state index contributed by atoms with van der Waals surface area (Å²) in [5.74, 6) is 0.857. The van der Waals surface area contributed by atoms with E-state index in [1.807, 2.05) is 4.90 Å². The fourth-order valence-corrected chi connectivity index (χ4v) is 3.79. The van der Waals surface area contributed by atoms with Gasteiger partial charge in [-0.25, -0.2) is 4.98 Å². The third-order valence-electron chi connectivity index (χ3n) is 5.62. The lowest BCUT2D eigenvalue weighted by atomic mass is 9.78. The maximum Gasteiger partial charge on any atom is 0.272 e. The number of hydrogen-bond acceptors (Lipinski definition) is 3. The molecule has 5 nitrogen and oxygen atoms in total. The minimum absolute atomic E-state index is 0.0678. The number of pyridine rings is 1. The van der Waals surface area contributed by atoms with Crippen LogP contribution in [0.2, 0.25) is 0 Å². The lowest BCUT2D eigenvalue weighted by Crippen LogP contribution is -2.44. The van der Waals surface area contributed by atoms with Crippen LogP contribution >= 0.6 is 0 Å². The summed E-state index contributed by atoms with van der Waals surface area (Å²) in [5.41, 5.74) is 0.708. The maximum atomic E-state index is 12.6. The number of amides is 2. The first kappa shape index (κ1) is 16.9. The number of carbonyl (C=O) groups is 2. The highest BCUT2D eigenvalue weighted by Gasteiger charge is 2.29. The van der Waals surface area contributed by atoms with Gasteiger partial charge < -0.3 is 10.2 Å². The average molecular weight is 329 g/mol. The molecule has 5 heteroatoms. The summed E-state index contributed by atoms with van der Waals surface area (Å²) >= 11 is 0. The van der Waals surface area contributed by atoms with Crippen LogP contribution in [-0.4, -0.2) is 40.8 Å². The maximum absolute atomic E-state index is 12.6. The number of carbonyl (C=O) groups excluding carboxylic acids is 2. The summed E-state index contributed by atoms with van der Waals surface area (Å²) in [4.78, 5) is 31.1. The number of aromatic nitrogens is 1. The van der Waals surface area contributed by atoms with Crippen LogP contribution in [0, 0.1) is 11.8 Å². The van der Waals surface area contributed by atoms with Gasteiger partial charge in [-0.1, -0.05) is 32.8 Å². The van der Waals surface area contributed by atoms with Gasteiger partial charge in [-0.3, -0.25) is 9.59 Å². The Morgan fingerprint density at radius 1 is 1.08 bits per heavy atom. The predicted molar refractivity (Wildman–Crippen MR) is 92.8 cm³/mol. The Morgan fingerprint density at radius 3 is 2.54 bits per heavy atom. The van der Waals surface area contributed by atoms with E-state index in [1.54, 1.807) is 18.2 Å². The van der Waals surface area contributed by atoms with Gasteiger partial charge in [-0.2, -0.15) is 0 Å². The topological polar surface area (TPSA) is 62.3 Å². The molecule has 0 bridgehead atoms. The van der Waals surface area contributed by atoms with Crippen LogP contribution in [0.4, 0.5) is 0 Å². The Balaban J connectivity index is 1.69. The Kier molecular flexibility index (Phi) is 5.17. The van der Waals surface area contributed by atoms with Crippen LogP contribution < -0.4 is 5.32 Å². The molecule has 0 radical (unpaired) electrons. The molecule has 3 rings (SSSR count). The Labute approximate surface area is 143 Å². The summed E-state index contributed by atoms with van der Waals surface area (Å²) in [6, 6.07) is 5.33. The third-order valence-corrected chi connectivity index (χ3v) is 5.62. The average Bonchev–Trinajstić information content (AvgIpc) is 3.13. The number of nitrogens with zero attached hydrogens (tertiary/aromatic N) is 2. The molecule has 130 valence electrons. The van der Waals surface area contributed by atoms with Crippen LogP contribution in [-0.2, 0) is 0 Å². The van der Waals surface area contributed by atoms with Gasteiger partial charge >= 0.3 is 0 Å². The smallest absolute Gasteiger partial charge is 0.272 e. The molecule has 0 aromatic carbocycles. The first-order chi connectivity index (χ1) is 11.6. The van der Waals surface area contributed by atoms with Gasteiger partial charge in [0, 0.05) is 19.1 Å². The van der Waals surface area contributed by atoms with Gasteiger partial charge in [0.1, 0.15) is 11.4 Å². The van der Waals surface area contributed by atoms with E-state index in [4.69, 9.17) is 0 Å². The Hall–Kier alpha value is -1.91. The molecule has 1 saturated carbocycles. The molecule has 24 heavy (non-hydrogen) atoms. The van der Waals surface area contributed by atoms with Crippen molar-refractivity contribution in [3.63, 3.8) is 0 Å². The summed E-state index contributed by atoms with van der Waals surface area (Å²) in [6.45, 7) is 6.02. The molecule has 1 aliphatic carbocycles. The van der Waals surface area contributed by atoms with Gasteiger partial charge in [-0.15, -0.1) is 0 Å². The molecule has 0 unspecified atom stereocenters. The van der Waals surface area contributed by atoms with E-state index >= 15 is 0 Å². The predicted octanol–water partition coefficient (Wildman–Crippen LogP) is 2.87. The highest BCUT2D eigenvalue weighted by molar-refractivity contribution is 5.96. The van der Waals surface area contributed by atoms with Crippen molar-refractivity contribution in [2.24, 2.45) is 11.8 Å². The summed E-state index contributed by atoms with van der Waals surface area (Å²) < 4.78 is 0. The SMILES string of the molecule is C[C@@H]1[C@H](C)CCC[C@H]1NC(=O)c1cccc(C(=O)N2CCCC2)n1. The van der Waals surface area contributed by atoms with Gasteiger partial charge in [0.15, 0.2) is 0 Å². The third kappa shape index (κ3) is 3.60. The van der Waals surface area contributed by atoms with Crippen LogP contribution in [0.15, 0.2) is 18.2 Å². The van der Waals surface area contributed by atoms with E-state index in [-0.39, 0.29) is 17.9 Å². The molecular formula is C19H27N3O2. The second-order valence-electron chi connectivity index (χ2n) is 7.25. The van der Waals surface area contributed by atoms with Crippen LogP contribution in [0.25, 0.3) is 0 Å². The molecule has 1 saturated heterocycles. The van der Waals surface area contributed by atoms with E-state index in [2.05, 4.69) is 24.1 Å². The minimum Gasteiger partial charge on any atom is -0.348 e.